The topological polar surface area (TPSA) is 101 Å². The molecule has 0 aromatic heterocycles. The van der Waals surface area contributed by atoms with E-state index < -0.39 is 41.5 Å². The number of carboxylic acids is 1. The van der Waals surface area contributed by atoms with Gasteiger partial charge in [-0.15, -0.1) is 11.8 Å². The normalized spacial score (nSPS) is 17.5. The first kappa shape index (κ1) is 26.6. The fraction of sp³-hybridized carbons (Fsp3) is 0.429. The minimum atomic E-state index is -1.09. The Labute approximate surface area is 205 Å². The summed E-state index contributed by atoms with van der Waals surface area (Å²) in [6.07, 6.45) is 0.461. The summed E-state index contributed by atoms with van der Waals surface area (Å²) in [7, 11) is 0. The fourth-order valence-corrected chi connectivity index (χ4v) is 4.76. The molecule has 0 spiro atoms. The number of rotatable bonds is 10. The highest BCUT2D eigenvalue weighted by Gasteiger charge is 2.39. The van der Waals surface area contributed by atoms with E-state index in [2.05, 4.69) is 19.2 Å². The van der Waals surface area contributed by atoms with E-state index in [4.69, 9.17) is 27.9 Å². The summed E-state index contributed by atoms with van der Waals surface area (Å²) >= 11 is 18.0. The molecule has 32 heavy (non-hydrogen) atoms. The molecule has 0 bridgehead atoms. The minimum absolute atomic E-state index is 0.00608. The Morgan fingerprint density at radius 2 is 1.97 bits per heavy atom. The summed E-state index contributed by atoms with van der Waals surface area (Å²) in [6, 6.07) is 1.95. The molecule has 1 heterocycles. The zero-order valence-corrected chi connectivity index (χ0v) is 20.7. The monoisotopic (exact) mass is 519 g/mol. The highest BCUT2D eigenvalue weighted by molar-refractivity contribution is 7.99. The first-order valence-corrected chi connectivity index (χ1v) is 12.1. The lowest BCUT2D eigenvalue weighted by Crippen LogP contribution is -2.47. The maximum Gasteiger partial charge on any atom is 0.327 e. The molecule has 1 aromatic carbocycles. The highest BCUT2D eigenvalue weighted by Crippen LogP contribution is 2.36. The molecule has 0 radical (unpaired) electrons. The fourth-order valence-electron chi connectivity index (χ4n) is 2.94. The van der Waals surface area contributed by atoms with Gasteiger partial charge >= 0.3 is 5.97 Å². The zero-order valence-electron chi connectivity index (χ0n) is 17.5. The number of Topliss-reactive ketones (excluding diaryl/α,β-unsaturated/α-hetero) is 2. The van der Waals surface area contributed by atoms with E-state index in [1.54, 1.807) is 6.92 Å². The number of amides is 1. The van der Waals surface area contributed by atoms with Crippen molar-refractivity contribution in [3.63, 3.8) is 0 Å². The summed E-state index contributed by atoms with van der Waals surface area (Å²) in [5.41, 5.74) is 0.565. The van der Waals surface area contributed by atoms with Crippen LogP contribution in [-0.2, 0) is 14.4 Å². The third-order valence-electron chi connectivity index (χ3n) is 5.05. The van der Waals surface area contributed by atoms with E-state index in [-0.39, 0.29) is 33.0 Å². The largest absolute Gasteiger partial charge is 0.484 e. The van der Waals surface area contributed by atoms with E-state index in [0.717, 1.165) is 0 Å². The molecule has 1 N–H and O–H groups in total. The van der Waals surface area contributed by atoms with Gasteiger partial charge < -0.3 is 14.7 Å². The van der Waals surface area contributed by atoms with Gasteiger partial charge in [0.1, 0.15) is 23.4 Å². The molecule has 2 unspecified atom stereocenters. The molecule has 1 amide bonds. The molecular formula is C21H23Cl2NO6S2. The van der Waals surface area contributed by atoms with Gasteiger partial charge in [0.2, 0.25) is 5.91 Å². The number of aliphatic carboxylic acids is 1. The molecule has 11 heteroatoms. The number of thiol groups is 1. The van der Waals surface area contributed by atoms with Crippen molar-refractivity contribution in [2.75, 3.05) is 18.2 Å². The molecule has 0 aliphatic carbocycles. The molecule has 1 aromatic rings. The van der Waals surface area contributed by atoms with Crippen LogP contribution in [-0.4, -0.2) is 63.0 Å². The zero-order chi connectivity index (χ0) is 24.2. The van der Waals surface area contributed by atoms with Crippen molar-refractivity contribution in [3.05, 3.63) is 39.9 Å². The van der Waals surface area contributed by atoms with Crippen molar-refractivity contribution in [2.45, 2.75) is 31.6 Å². The molecular weight excluding hydrogens is 497 g/mol. The van der Waals surface area contributed by atoms with Gasteiger partial charge in [-0.1, -0.05) is 43.6 Å². The summed E-state index contributed by atoms with van der Waals surface area (Å²) in [4.78, 5) is 50.1. The second-order valence-electron chi connectivity index (χ2n) is 7.18. The van der Waals surface area contributed by atoms with Crippen LogP contribution < -0.4 is 4.74 Å². The average molecular weight is 520 g/mol. The van der Waals surface area contributed by atoms with Crippen LogP contribution in [0.15, 0.2) is 24.3 Å². The van der Waals surface area contributed by atoms with Crippen LogP contribution in [0.1, 0.15) is 30.6 Å². The molecule has 7 nitrogen and oxygen atoms in total. The van der Waals surface area contributed by atoms with E-state index in [9.17, 15) is 24.3 Å². The Kier molecular flexibility index (Phi) is 9.51. The summed E-state index contributed by atoms with van der Waals surface area (Å²) < 4.78 is 5.47. The van der Waals surface area contributed by atoms with Crippen LogP contribution in [0.4, 0.5) is 0 Å². The number of carbonyl (C=O) groups is 4. The van der Waals surface area contributed by atoms with Crippen LogP contribution in [0.5, 0.6) is 5.75 Å². The molecule has 3 atom stereocenters. The SMILES string of the molecule is C=C(CC)C(=O)c1ccc(OCC(=O)C(S)C(C)C(=O)N2CSC[C@H]2C(=O)O)c(Cl)c1Cl. The first-order valence-electron chi connectivity index (χ1n) is 9.66. The quantitative estimate of drug-likeness (QED) is 0.273. The van der Waals surface area contributed by atoms with Crippen LogP contribution in [0.2, 0.25) is 10.0 Å². The number of halogens is 2. The van der Waals surface area contributed by atoms with Gasteiger partial charge in [-0.2, -0.15) is 12.6 Å². The lowest BCUT2D eigenvalue weighted by atomic mass is 10.0. The first-order chi connectivity index (χ1) is 15.0. The number of ketones is 2. The Morgan fingerprint density at radius 3 is 2.56 bits per heavy atom. The predicted octanol–water partition coefficient (Wildman–Crippen LogP) is 4.01. The molecule has 1 fully saturated rings. The third-order valence-corrected chi connectivity index (χ3v) is 7.66. The van der Waals surface area contributed by atoms with Gasteiger partial charge in [-0.05, 0) is 24.1 Å². The molecule has 0 saturated carbocycles. The summed E-state index contributed by atoms with van der Waals surface area (Å²) in [6.45, 7) is 6.57. The van der Waals surface area contributed by atoms with E-state index in [0.29, 0.717) is 17.7 Å². The smallest absolute Gasteiger partial charge is 0.327 e. The number of benzene rings is 1. The minimum Gasteiger partial charge on any atom is -0.484 e. The van der Waals surface area contributed by atoms with Crippen molar-refractivity contribution in [1.29, 1.82) is 0 Å². The Morgan fingerprint density at radius 1 is 1.31 bits per heavy atom. The maximum absolute atomic E-state index is 12.7. The Hall–Kier alpha value is -1.68. The summed E-state index contributed by atoms with van der Waals surface area (Å²) in [5, 5.41) is 8.22. The number of allylic oxidation sites excluding steroid dienone is 1. The van der Waals surface area contributed by atoms with Crippen LogP contribution >= 0.6 is 47.6 Å². The van der Waals surface area contributed by atoms with Crippen molar-refractivity contribution in [3.8, 4) is 5.75 Å². The Bertz CT molecular complexity index is 954. The maximum atomic E-state index is 12.7. The van der Waals surface area contributed by atoms with Crippen molar-refractivity contribution < 1.29 is 29.0 Å². The second-order valence-corrected chi connectivity index (χ2v) is 9.49. The van der Waals surface area contributed by atoms with Crippen LogP contribution in [0.25, 0.3) is 0 Å². The lowest BCUT2D eigenvalue weighted by Gasteiger charge is -2.26. The van der Waals surface area contributed by atoms with Crippen molar-refractivity contribution >= 4 is 71.0 Å². The number of thioether (sulfide) groups is 1. The molecule has 1 saturated heterocycles. The molecule has 1 aliphatic heterocycles. The number of hydrogen-bond acceptors (Lipinski definition) is 7. The van der Waals surface area contributed by atoms with E-state index in [1.807, 2.05) is 0 Å². The average Bonchev–Trinajstić information content (AvgIpc) is 3.27. The molecule has 2 rings (SSSR count). The van der Waals surface area contributed by atoms with Gasteiger partial charge in [0.25, 0.3) is 0 Å². The van der Waals surface area contributed by atoms with E-state index in [1.165, 1.54) is 35.7 Å². The van der Waals surface area contributed by atoms with Crippen LogP contribution in [0.3, 0.4) is 0 Å². The van der Waals surface area contributed by atoms with Crippen LogP contribution in [0, 0.1) is 5.92 Å². The lowest BCUT2D eigenvalue weighted by molar-refractivity contribution is -0.149. The van der Waals surface area contributed by atoms with Gasteiger partial charge in [-0.3, -0.25) is 14.4 Å². The van der Waals surface area contributed by atoms with Gasteiger partial charge in [0, 0.05) is 11.3 Å². The number of hydrogen-bond donors (Lipinski definition) is 2. The number of carbonyl (C=O) groups excluding carboxylic acids is 3. The second kappa shape index (κ2) is 11.4. The number of carboxylic acid groups (broad SMARTS) is 1. The van der Waals surface area contributed by atoms with Gasteiger partial charge in [-0.25, -0.2) is 4.79 Å². The Balaban J connectivity index is 2.04. The number of ether oxygens (including phenoxy) is 1. The van der Waals surface area contributed by atoms with Gasteiger partial charge in [0.05, 0.1) is 22.1 Å². The molecule has 174 valence electrons. The number of nitrogens with zero attached hydrogens (tertiary/aromatic N) is 1. The predicted molar refractivity (Wildman–Crippen MR) is 128 cm³/mol. The van der Waals surface area contributed by atoms with Crippen molar-refractivity contribution in [1.82, 2.24) is 4.90 Å². The standard InChI is InChI=1S/C21H23Cl2NO6S2/c1-4-10(2)18(26)12-5-6-15(17(23)16(12)22)30-7-14(25)19(31)11(3)20(27)24-9-32-8-13(24)21(28)29/h5-6,11,13,19,31H,2,4,7-9H2,1,3H3,(H,28,29)/t11?,13-,19?/m0/s1. The van der Waals surface area contributed by atoms with E-state index >= 15 is 0 Å². The molecule has 1 aliphatic rings. The third kappa shape index (κ3) is 5.81. The van der Waals surface area contributed by atoms with Crippen molar-refractivity contribution in [2.24, 2.45) is 5.92 Å². The summed E-state index contributed by atoms with van der Waals surface area (Å²) in [5.74, 6) is -2.57. The van der Waals surface area contributed by atoms with Gasteiger partial charge in [0.15, 0.2) is 11.6 Å². The highest BCUT2D eigenvalue weighted by atomic mass is 35.5.